The zero-order valence-corrected chi connectivity index (χ0v) is 13.2. The molecule has 8 heteroatoms. The van der Waals surface area contributed by atoms with Gasteiger partial charge < -0.3 is 14.6 Å². The fraction of sp³-hybridized carbons (Fsp3) is 0.214. The van der Waals surface area contributed by atoms with Crippen molar-refractivity contribution in [1.29, 1.82) is 0 Å². The highest BCUT2D eigenvalue weighted by atomic mass is 32.1. The van der Waals surface area contributed by atoms with Crippen LogP contribution in [0.2, 0.25) is 0 Å². The van der Waals surface area contributed by atoms with Gasteiger partial charge in [-0.25, -0.2) is 0 Å². The van der Waals surface area contributed by atoms with E-state index < -0.39 is 0 Å². The first-order chi connectivity index (χ1) is 10.5. The van der Waals surface area contributed by atoms with Crippen LogP contribution in [0.4, 0.5) is 5.69 Å². The molecule has 7 nitrogen and oxygen atoms in total. The van der Waals surface area contributed by atoms with Crippen molar-refractivity contribution in [2.45, 2.75) is 13.8 Å². The van der Waals surface area contributed by atoms with E-state index in [2.05, 4.69) is 21.3 Å². The first-order valence-electron chi connectivity index (χ1n) is 6.45. The summed E-state index contributed by atoms with van der Waals surface area (Å²) in [4.78, 5) is 12.0. The molecule has 3 N–H and O–H groups in total. The van der Waals surface area contributed by atoms with Crippen molar-refractivity contribution < 1.29 is 14.1 Å². The molecule has 0 aliphatic heterocycles. The Kier molecular flexibility index (Phi) is 4.95. The standard InChI is InChI=1S/C14H16N4O3S/c1-8-12(9(2)21-18-8)13(19)16-17-14(22)15-10-4-6-11(20-3)7-5-10/h4-7H,1-3H3,(H,16,19)(H2,15,17,22). The Balaban J connectivity index is 1.88. The molecule has 0 atom stereocenters. The van der Waals surface area contributed by atoms with Crippen molar-refractivity contribution in [3.63, 3.8) is 0 Å². The number of aromatic nitrogens is 1. The van der Waals surface area contributed by atoms with E-state index in [0.29, 0.717) is 17.0 Å². The molecular formula is C14H16N4O3S. The topological polar surface area (TPSA) is 88.4 Å². The van der Waals surface area contributed by atoms with Crippen molar-refractivity contribution in [2.75, 3.05) is 12.4 Å². The molecule has 0 radical (unpaired) electrons. The number of thiocarbonyl (C=S) groups is 1. The van der Waals surface area contributed by atoms with E-state index in [1.165, 1.54) is 0 Å². The summed E-state index contributed by atoms with van der Waals surface area (Å²) in [5.74, 6) is 0.831. The first-order valence-corrected chi connectivity index (χ1v) is 6.86. The molecule has 0 aliphatic carbocycles. The smallest absolute Gasteiger partial charge is 0.275 e. The Morgan fingerprint density at radius 1 is 1.23 bits per heavy atom. The van der Waals surface area contributed by atoms with E-state index in [9.17, 15) is 4.79 Å². The Morgan fingerprint density at radius 2 is 1.91 bits per heavy atom. The highest BCUT2D eigenvalue weighted by molar-refractivity contribution is 7.80. The number of carbonyl (C=O) groups is 1. The fourth-order valence-electron chi connectivity index (χ4n) is 1.82. The molecule has 116 valence electrons. The van der Waals surface area contributed by atoms with Crippen molar-refractivity contribution in [1.82, 2.24) is 16.0 Å². The lowest BCUT2D eigenvalue weighted by molar-refractivity contribution is 0.0942. The van der Waals surface area contributed by atoms with Crippen molar-refractivity contribution in [3.8, 4) is 5.75 Å². The van der Waals surface area contributed by atoms with Gasteiger partial charge in [0.2, 0.25) is 0 Å². The second-order valence-corrected chi connectivity index (χ2v) is 4.87. The van der Waals surface area contributed by atoms with Gasteiger partial charge in [0, 0.05) is 5.69 Å². The SMILES string of the molecule is COc1ccc(NC(=S)NNC(=O)c2c(C)noc2C)cc1. The third-order valence-corrected chi connectivity index (χ3v) is 3.10. The summed E-state index contributed by atoms with van der Waals surface area (Å²) in [7, 11) is 1.60. The second-order valence-electron chi connectivity index (χ2n) is 4.46. The van der Waals surface area contributed by atoms with Crippen LogP contribution < -0.4 is 20.9 Å². The predicted octanol–water partition coefficient (Wildman–Crippen LogP) is 1.93. The number of amides is 1. The lowest BCUT2D eigenvalue weighted by Gasteiger charge is -2.11. The average molecular weight is 320 g/mol. The van der Waals surface area contributed by atoms with Crippen LogP contribution in [0.15, 0.2) is 28.8 Å². The molecule has 0 aliphatic rings. The van der Waals surface area contributed by atoms with Gasteiger partial charge >= 0.3 is 0 Å². The lowest BCUT2D eigenvalue weighted by Crippen LogP contribution is -2.44. The van der Waals surface area contributed by atoms with Gasteiger partial charge in [-0.2, -0.15) is 0 Å². The largest absolute Gasteiger partial charge is 0.497 e. The molecule has 1 aromatic heterocycles. The Morgan fingerprint density at radius 3 is 2.45 bits per heavy atom. The van der Waals surface area contributed by atoms with E-state index >= 15 is 0 Å². The van der Waals surface area contributed by atoms with Gasteiger partial charge in [-0.05, 0) is 50.3 Å². The van der Waals surface area contributed by atoms with E-state index in [1.807, 2.05) is 12.1 Å². The first kappa shape index (κ1) is 15.8. The summed E-state index contributed by atoms with van der Waals surface area (Å²) >= 11 is 5.10. The van der Waals surface area contributed by atoms with Crippen LogP contribution in [0, 0.1) is 13.8 Å². The summed E-state index contributed by atoms with van der Waals surface area (Å²) in [5.41, 5.74) is 6.79. The van der Waals surface area contributed by atoms with Gasteiger partial charge in [-0.1, -0.05) is 5.16 Å². The van der Waals surface area contributed by atoms with Gasteiger partial charge in [-0.15, -0.1) is 0 Å². The summed E-state index contributed by atoms with van der Waals surface area (Å²) in [6.45, 7) is 3.36. The van der Waals surface area contributed by atoms with Crippen LogP contribution in [-0.2, 0) is 0 Å². The van der Waals surface area contributed by atoms with Crippen LogP contribution in [0.5, 0.6) is 5.75 Å². The normalized spacial score (nSPS) is 9.95. The maximum atomic E-state index is 12.0. The highest BCUT2D eigenvalue weighted by Crippen LogP contribution is 2.15. The number of carbonyl (C=O) groups excluding carboxylic acids is 1. The average Bonchev–Trinajstić information content (AvgIpc) is 2.85. The fourth-order valence-corrected chi connectivity index (χ4v) is 1.99. The number of nitrogens with one attached hydrogen (secondary N) is 3. The number of aryl methyl sites for hydroxylation is 2. The van der Waals surface area contributed by atoms with Crippen LogP contribution in [0.25, 0.3) is 0 Å². The molecule has 2 rings (SSSR count). The van der Waals surface area contributed by atoms with Crippen LogP contribution in [0.3, 0.4) is 0 Å². The van der Waals surface area contributed by atoms with Crippen molar-refractivity contribution in [3.05, 3.63) is 41.3 Å². The van der Waals surface area contributed by atoms with E-state index in [4.69, 9.17) is 21.5 Å². The number of ether oxygens (including phenoxy) is 1. The number of anilines is 1. The minimum Gasteiger partial charge on any atom is -0.497 e. The van der Waals surface area contributed by atoms with Gasteiger partial charge in [0.25, 0.3) is 5.91 Å². The van der Waals surface area contributed by atoms with E-state index in [0.717, 1.165) is 11.4 Å². The molecule has 0 spiro atoms. The number of hydrogen-bond donors (Lipinski definition) is 3. The van der Waals surface area contributed by atoms with Crippen molar-refractivity contribution >= 4 is 28.9 Å². The zero-order chi connectivity index (χ0) is 16.1. The number of rotatable bonds is 3. The van der Waals surface area contributed by atoms with Crippen LogP contribution in [-0.4, -0.2) is 23.3 Å². The molecule has 2 aromatic rings. The van der Waals surface area contributed by atoms with Gasteiger partial charge in [0.1, 0.15) is 17.1 Å². The number of methoxy groups -OCH3 is 1. The molecule has 0 saturated carbocycles. The molecule has 0 saturated heterocycles. The minimum atomic E-state index is -0.366. The highest BCUT2D eigenvalue weighted by Gasteiger charge is 2.17. The number of hydrogen-bond acceptors (Lipinski definition) is 5. The molecule has 0 fully saturated rings. The molecule has 22 heavy (non-hydrogen) atoms. The molecule has 1 heterocycles. The molecular weight excluding hydrogens is 304 g/mol. The predicted molar refractivity (Wildman–Crippen MR) is 85.8 cm³/mol. The molecule has 0 unspecified atom stereocenters. The third kappa shape index (κ3) is 3.73. The molecule has 1 amide bonds. The van der Waals surface area contributed by atoms with Crippen LogP contribution in [0.1, 0.15) is 21.8 Å². The second kappa shape index (κ2) is 6.90. The van der Waals surface area contributed by atoms with Crippen molar-refractivity contribution in [2.24, 2.45) is 0 Å². The van der Waals surface area contributed by atoms with Gasteiger partial charge in [-0.3, -0.25) is 15.6 Å². The molecule has 1 aromatic carbocycles. The Labute approximate surface area is 133 Å². The maximum Gasteiger partial charge on any atom is 0.275 e. The maximum absolute atomic E-state index is 12.0. The number of nitrogens with zero attached hydrogens (tertiary/aromatic N) is 1. The number of benzene rings is 1. The van der Waals surface area contributed by atoms with Gasteiger partial charge in [0.15, 0.2) is 5.11 Å². The van der Waals surface area contributed by atoms with Crippen LogP contribution >= 0.6 is 12.2 Å². The summed E-state index contributed by atoms with van der Waals surface area (Å²) in [5, 5.41) is 6.91. The third-order valence-electron chi connectivity index (χ3n) is 2.90. The van der Waals surface area contributed by atoms with Gasteiger partial charge in [0.05, 0.1) is 12.8 Å². The Hall–Kier alpha value is -2.61. The lowest BCUT2D eigenvalue weighted by atomic mass is 10.2. The summed E-state index contributed by atoms with van der Waals surface area (Å²) in [6, 6.07) is 7.21. The minimum absolute atomic E-state index is 0.255. The monoisotopic (exact) mass is 320 g/mol. The van der Waals surface area contributed by atoms with E-state index in [-0.39, 0.29) is 11.0 Å². The number of hydrazine groups is 1. The Bertz CT molecular complexity index is 662. The molecule has 0 bridgehead atoms. The summed E-state index contributed by atoms with van der Waals surface area (Å²) in [6.07, 6.45) is 0. The summed E-state index contributed by atoms with van der Waals surface area (Å²) < 4.78 is 10.0. The van der Waals surface area contributed by atoms with E-state index in [1.54, 1.807) is 33.1 Å². The quantitative estimate of drug-likeness (QED) is 0.588. The zero-order valence-electron chi connectivity index (χ0n) is 12.4.